The number of rotatable bonds is 6. The van der Waals surface area contributed by atoms with Crippen LogP contribution in [0.1, 0.15) is 54.2 Å². The number of aryl methyl sites for hydroxylation is 6. The molecule has 7 heteroatoms. The molecule has 0 aromatic heterocycles. The number of alkyl carbamates (subject to hydrolysis) is 1. The number of ether oxygens (including phenoxy) is 1. The highest BCUT2D eigenvalue weighted by Gasteiger charge is 2.36. The van der Waals surface area contributed by atoms with E-state index in [-0.39, 0.29) is 6.16 Å². The predicted octanol–water partition coefficient (Wildman–Crippen LogP) is 4.95. The first-order valence-corrected chi connectivity index (χ1v) is 14.0. The molecule has 0 spiro atoms. The van der Waals surface area contributed by atoms with E-state index >= 15 is 0 Å². The molecule has 0 aliphatic rings. The summed E-state index contributed by atoms with van der Waals surface area (Å²) in [6, 6.07) is 4.56. The van der Waals surface area contributed by atoms with Crippen molar-refractivity contribution in [2.45, 2.75) is 74.0 Å². The number of nitrogens with one attached hydrogen (secondary N) is 1. The molecular weight excluding hydrogens is 453 g/mol. The number of hydrogen-bond donors (Lipinski definition) is 2. The molecule has 0 aliphatic carbocycles. The van der Waals surface area contributed by atoms with Gasteiger partial charge in [0.1, 0.15) is 11.6 Å². The number of benzene rings is 2. The van der Waals surface area contributed by atoms with E-state index in [2.05, 4.69) is 29.6 Å². The standard InChI is InChI=1S/C26H36NO4PS/c1-15-10-17(3)22(18(4)11-15)32(33,23-19(5)12-16(2)13-20(23)6)14-21(24(28)29)27-25(30)31-26(7,8)9/h10-13,21H,14H2,1-9H3,(H,27,30)(H,28,29)/t21-/m0/s1. The van der Waals surface area contributed by atoms with Gasteiger partial charge in [0, 0.05) is 12.2 Å². The van der Waals surface area contributed by atoms with Crippen LogP contribution in [0.4, 0.5) is 4.79 Å². The Morgan fingerprint density at radius 2 is 1.27 bits per heavy atom. The van der Waals surface area contributed by atoms with Gasteiger partial charge in [0.05, 0.1) is 0 Å². The predicted molar refractivity (Wildman–Crippen MR) is 141 cm³/mol. The molecule has 0 heterocycles. The third-order valence-electron chi connectivity index (χ3n) is 5.42. The van der Waals surface area contributed by atoms with Crippen molar-refractivity contribution in [2.75, 3.05) is 6.16 Å². The molecule has 180 valence electrons. The van der Waals surface area contributed by atoms with Crippen LogP contribution in [0, 0.1) is 41.5 Å². The van der Waals surface area contributed by atoms with Crippen molar-refractivity contribution < 1.29 is 19.4 Å². The summed E-state index contributed by atoms with van der Waals surface area (Å²) in [5, 5.41) is 14.7. The molecule has 0 radical (unpaired) electrons. The van der Waals surface area contributed by atoms with Crippen molar-refractivity contribution in [1.82, 2.24) is 5.32 Å². The zero-order valence-electron chi connectivity index (χ0n) is 21.1. The first-order valence-electron chi connectivity index (χ1n) is 11.0. The summed E-state index contributed by atoms with van der Waals surface area (Å²) in [4.78, 5) is 24.8. The lowest BCUT2D eigenvalue weighted by Gasteiger charge is -2.32. The molecule has 2 rings (SSSR count). The van der Waals surface area contributed by atoms with E-state index in [1.54, 1.807) is 20.8 Å². The highest BCUT2D eigenvalue weighted by molar-refractivity contribution is 8.22. The Bertz CT molecular complexity index is 1030. The number of carboxylic acids is 1. The molecule has 5 nitrogen and oxygen atoms in total. The lowest BCUT2D eigenvalue weighted by atomic mass is 10.1. The molecule has 0 saturated heterocycles. The molecule has 2 aromatic carbocycles. The molecule has 0 bridgehead atoms. The Morgan fingerprint density at radius 1 is 0.909 bits per heavy atom. The zero-order chi connectivity index (χ0) is 25.3. The fourth-order valence-corrected chi connectivity index (χ4v) is 10.7. The van der Waals surface area contributed by atoms with Gasteiger partial charge in [-0.1, -0.05) is 47.2 Å². The maximum Gasteiger partial charge on any atom is 0.408 e. The van der Waals surface area contributed by atoms with Crippen molar-refractivity contribution in [1.29, 1.82) is 0 Å². The minimum absolute atomic E-state index is 0.117. The molecule has 1 amide bonds. The maximum absolute atomic E-state index is 12.5. The molecule has 33 heavy (non-hydrogen) atoms. The summed E-state index contributed by atoms with van der Waals surface area (Å²) in [5.41, 5.74) is 5.74. The second-order valence-corrected chi connectivity index (χ2v) is 14.6. The smallest absolute Gasteiger partial charge is 0.408 e. The molecule has 2 N–H and O–H groups in total. The first-order chi connectivity index (χ1) is 15.0. The third-order valence-corrected chi connectivity index (χ3v) is 10.7. The Balaban J connectivity index is 2.72. The van der Waals surface area contributed by atoms with Gasteiger partial charge >= 0.3 is 12.1 Å². The summed E-state index contributed by atoms with van der Waals surface area (Å²) in [5.74, 6) is -1.13. The Kier molecular flexibility index (Phi) is 8.19. The van der Waals surface area contributed by atoms with Gasteiger partial charge in [0.25, 0.3) is 0 Å². The van der Waals surface area contributed by atoms with E-state index < -0.39 is 29.7 Å². The SMILES string of the molecule is Cc1cc(C)c(P(=S)(C[C@H](NC(=O)OC(C)(C)C)C(=O)O)c2c(C)cc(C)cc2C)c(C)c1. The van der Waals surface area contributed by atoms with E-state index in [1.807, 2.05) is 41.5 Å². The van der Waals surface area contributed by atoms with Crippen LogP contribution in [0.15, 0.2) is 24.3 Å². The van der Waals surface area contributed by atoms with Crippen LogP contribution in [0.25, 0.3) is 0 Å². The normalized spacial score (nSPS) is 12.9. The Labute approximate surface area is 202 Å². The molecule has 2 aromatic rings. The molecule has 0 unspecified atom stereocenters. The maximum atomic E-state index is 12.5. The zero-order valence-corrected chi connectivity index (χ0v) is 22.8. The van der Waals surface area contributed by atoms with Crippen LogP contribution in [-0.2, 0) is 21.3 Å². The van der Waals surface area contributed by atoms with E-state index in [1.165, 1.54) is 0 Å². The van der Waals surface area contributed by atoms with E-state index in [0.29, 0.717) is 0 Å². The number of carboxylic acid groups (broad SMARTS) is 1. The van der Waals surface area contributed by atoms with Gasteiger partial charge in [0.2, 0.25) is 0 Å². The number of carbonyl (C=O) groups excluding carboxylic acids is 1. The number of hydrogen-bond acceptors (Lipinski definition) is 4. The number of amides is 1. The van der Waals surface area contributed by atoms with Gasteiger partial charge in [-0.15, -0.1) is 0 Å². The van der Waals surface area contributed by atoms with E-state index in [4.69, 9.17) is 16.5 Å². The lowest BCUT2D eigenvalue weighted by Crippen LogP contribution is -2.47. The average molecular weight is 490 g/mol. The highest BCUT2D eigenvalue weighted by atomic mass is 32.4. The minimum Gasteiger partial charge on any atom is -0.480 e. The van der Waals surface area contributed by atoms with Crippen LogP contribution >= 0.6 is 6.04 Å². The van der Waals surface area contributed by atoms with Gasteiger partial charge in [-0.05, 0) is 95.2 Å². The number of aliphatic carboxylic acids is 1. The number of carbonyl (C=O) groups is 2. The summed E-state index contributed by atoms with van der Waals surface area (Å²) in [6.07, 6.45) is -0.641. The van der Waals surface area contributed by atoms with Crippen molar-refractivity contribution in [3.8, 4) is 0 Å². The van der Waals surface area contributed by atoms with Crippen LogP contribution in [0.2, 0.25) is 0 Å². The monoisotopic (exact) mass is 489 g/mol. The van der Waals surface area contributed by atoms with E-state index in [0.717, 1.165) is 44.0 Å². The fourth-order valence-electron chi connectivity index (χ4n) is 4.67. The van der Waals surface area contributed by atoms with Gasteiger partial charge < -0.3 is 15.2 Å². The first kappa shape index (κ1) is 27.1. The lowest BCUT2D eigenvalue weighted by molar-refractivity contribution is -0.138. The van der Waals surface area contributed by atoms with Crippen molar-refractivity contribution in [3.05, 3.63) is 57.6 Å². The van der Waals surface area contributed by atoms with Crippen LogP contribution < -0.4 is 15.9 Å². The van der Waals surface area contributed by atoms with Gasteiger partial charge in [-0.3, -0.25) is 0 Å². The largest absolute Gasteiger partial charge is 0.480 e. The molecule has 0 saturated carbocycles. The van der Waals surface area contributed by atoms with E-state index in [9.17, 15) is 14.7 Å². The van der Waals surface area contributed by atoms with Crippen LogP contribution in [0.5, 0.6) is 0 Å². The van der Waals surface area contributed by atoms with Crippen LogP contribution in [0.3, 0.4) is 0 Å². The van der Waals surface area contributed by atoms with Gasteiger partial charge in [-0.2, -0.15) is 0 Å². The quantitative estimate of drug-likeness (QED) is 0.562. The molecule has 1 atom stereocenters. The van der Waals surface area contributed by atoms with Crippen molar-refractivity contribution in [3.63, 3.8) is 0 Å². The second kappa shape index (κ2) is 9.99. The van der Waals surface area contributed by atoms with Crippen LogP contribution in [-0.4, -0.2) is 35.0 Å². The van der Waals surface area contributed by atoms with Crippen molar-refractivity contribution >= 4 is 40.5 Å². The molecule has 0 aliphatic heterocycles. The summed E-state index contributed by atoms with van der Waals surface area (Å²) in [6.45, 7) is 17.4. The summed E-state index contributed by atoms with van der Waals surface area (Å²) >= 11 is 6.49. The Hall–Kier alpha value is -2.17. The van der Waals surface area contributed by atoms with Crippen molar-refractivity contribution in [2.24, 2.45) is 0 Å². The average Bonchev–Trinajstić information content (AvgIpc) is 2.57. The molecular formula is C26H36NO4PS. The topological polar surface area (TPSA) is 75.6 Å². The summed E-state index contributed by atoms with van der Waals surface area (Å²) in [7, 11) is 0. The fraction of sp³-hybridized carbons (Fsp3) is 0.462. The van der Waals surface area contributed by atoms with Gasteiger partial charge in [-0.25, -0.2) is 9.59 Å². The second-order valence-electron chi connectivity index (χ2n) is 9.95. The highest BCUT2D eigenvalue weighted by Crippen LogP contribution is 2.48. The molecule has 0 fully saturated rings. The summed E-state index contributed by atoms with van der Waals surface area (Å²) < 4.78 is 5.34. The Morgan fingerprint density at radius 3 is 1.58 bits per heavy atom. The minimum atomic E-state index is -2.65. The van der Waals surface area contributed by atoms with Gasteiger partial charge in [0.15, 0.2) is 0 Å². The third kappa shape index (κ3) is 6.45.